The first-order valence-electron chi connectivity index (χ1n) is 7.58. The number of rotatable bonds is 4. The van der Waals surface area contributed by atoms with Crippen molar-refractivity contribution in [1.82, 2.24) is 0 Å². The molecule has 3 rings (SSSR count). The van der Waals surface area contributed by atoms with Crippen LogP contribution in [0, 0.1) is 12.3 Å². The number of aryl methyl sites for hydroxylation is 1. The van der Waals surface area contributed by atoms with Gasteiger partial charge in [-0.2, -0.15) is 13.2 Å². The minimum atomic E-state index is -4.43. The second kappa shape index (κ2) is 6.34. The molecule has 130 valence electrons. The van der Waals surface area contributed by atoms with Crippen LogP contribution in [-0.4, -0.2) is 11.9 Å². The van der Waals surface area contributed by atoms with E-state index in [1.807, 2.05) is 6.07 Å². The van der Waals surface area contributed by atoms with Crippen molar-refractivity contribution in [3.8, 4) is 23.8 Å². The Labute approximate surface area is 143 Å². The first kappa shape index (κ1) is 17.2. The molecule has 1 heterocycles. The lowest BCUT2D eigenvalue weighted by atomic mass is 9.88. The topological polar surface area (TPSA) is 38.7 Å². The van der Waals surface area contributed by atoms with E-state index in [1.165, 1.54) is 12.1 Å². The van der Waals surface area contributed by atoms with E-state index in [0.717, 1.165) is 17.7 Å². The van der Waals surface area contributed by atoms with Crippen molar-refractivity contribution in [3.63, 3.8) is 0 Å². The van der Waals surface area contributed by atoms with E-state index in [4.69, 9.17) is 15.9 Å². The van der Waals surface area contributed by atoms with Crippen molar-refractivity contribution < 1.29 is 27.8 Å². The smallest absolute Gasteiger partial charge is 0.416 e. The SMILES string of the molecule is C#CC(O)(CCc1ccc2c(c1)OCO2)c1ccc(C(F)(F)F)cc1. The summed E-state index contributed by atoms with van der Waals surface area (Å²) in [5.74, 6) is 3.57. The lowest BCUT2D eigenvalue weighted by molar-refractivity contribution is -0.137. The summed E-state index contributed by atoms with van der Waals surface area (Å²) < 4.78 is 48.5. The number of ether oxygens (including phenoxy) is 2. The summed E-state index contributed by atoms with van der Waals surface area (Å²) in [4.78, 5) is 0. The van der Waals surface area contributed by atoms with Crippen molar-refractivity contribution in [2.24, 2.45) is 0 Å². The highest BCUT2D eigenvalue weighted by molar-refractivity contribution is 5.44. The van der Waals surface area contributed by atoms with Crippen LogP contribution in [0.2, 0.25) is 0 Å². The van der Waals surface area contributed by atoms with Gasteiger partial charge in [-0.3, -0.25) is 0 Å². The third-order valence-corrected chi connectivity index (χ3v) is 4.14. The van der Waals surface area contributed by atoms with E-state index in [0.29, 0.717) is 17.9 Å². The summed E-state index contributed by atoms with van der Waals surface area (Å²) in [7, 11) is 0. The number of benzene rings is 2. The van der Waals surface area contributed by atoms with Gasteiger partial charge in [0.2, 0.25) is 6.79 Å². The molecule has 0 radical (unpaired) electrons. The zero-order chi connectivity index (χ0) is 18.1. The zero-order valence-electron chi connectivity index (χ0n) is 13.1. The van der Waals surface area contributed by atoms with Crippen molar-refractivity contribution in [2.75, 3.05) is 6.79 Å². The van der Waals surface area contributed by atoms with E-state index >= 15 is 0 Å². The van der Waals surface area contributed by atoms with E-state index in [1.54, 1.807) is 12.1 Å². The Hall–Kier alpha value is -2.65. The first-order valence-corrected chi connectivity index (χ1v) is 7.58. The highest BCUT2D eigenvalue weighted by Crippen LogP contribution is 2.35. The Balaban J connectivity index is 1.75. The molecule has 25 heavy (non-hydrogen) atoms. The number of halogens is 3. The summed E-state index contributed by atoms with van der Waals surface area (Å²) in [6.45, 7) is 0.165. The van der Waals surface area contributed by atoms with Crippen molar-refractivity contribution in [1.29, 1.82) is 0 Å². The largest absolute Gasteiger partial charge is 0.454 e. The average Bonchev–Trinajstić information content (AvgIpc) is 3.07. The molecule has 1 unspecified atom stereocenters. The van der Waals surface area contributed by atoms with Crippen LogP contribution in [0.5, 0.6) is 11.5 Å². The molecule has 0 aliphatic carbocycles. The van der Waals surface area contributed by atoms with Crippen LogP contribution in [0.4, 0.5) is 13.2 Å². The standard InChI is InChI=1S/C19H15F3O3/c1-2-18(23,14-4-6-15(7-5-14)19(20,21)22)10-9-13-3-8-16-17(11-13)25-12-24-16/h1,3-8,11,23H,9-10,12H2. The van der Waals surface area contributed by atoms with Crippen LogP contribution in [0.15, 0.2) is 42.5 Å². The fourth-order valence-electron chi connectivity index (χ4n) is 2.66. The third kappa shape index (κ3) is 3.57. The minimum absolute atomic E-state index is 0.161. The maximum atomic E-state index is 12.7. The molecule has 0 saturated heterocycles. The molecule has 6 heteroatoms. The molecule has 0 amide bonds. The number of hydrogen-bond donors (Lipinski definition) is 1. The van der Waals surface area contributed by atoms with Crippen LogP contribution in [0.3, 0.4) is 0 Å². The number of aliphatic hydroxyl groups is 1. The Morgan fingerprint density at radius 1 is 1.00 bits per heavy atom. The Kier molecular flexibility index (Phi) is 4.36. The van der Waals surface area contributed by atoms with Gasteiger partial charge < -0.3 is 14.6 Å². The van der Waals surface area contributed by atoms with Crippen LogP contribution < -0.4 is 9.47 Å². The highest BCUT2D eigenvalue weighted by atomic mass is 19.4. The van der Waals surface area contributed by atoms with Crippen LogP contribution in [0.1, 0.15) is 23.1 Å². The van der Waals surface area contributed by atoms with Gasteiger partial charge in [0, 0.05) is 0 Å². The first-order chi connectivity index (χ1) is 11.8. The van der Waals surface area contributed by atoms with Gasteiger partial charge in [-0.25, -0.2) is 0 Å². The van der Waals surface area contributed by atoms with Gasteiger partial charge in [0.1, 0.15) is 0 Å². The summed E-state index contributed by atoms with van der Waals surface area (Å²) in [6.07, 6.45) is 1.61. The predicted octanol–water partition coefficient (Wildman–Crippen LogP) is 3.89. The molecule has 1 N–H and O–H groups in total. The normalized spacial score (nSPS) is 15.5. The lowest BCUT2D eigenvalue weighted by Crippen LogP contribution is -2.24. The molecular formula is C19H15F3O3. The number of alkyl halides is 3. The van der Waals surface area contributed by atoms with Gasteiger partial charge in [0.25, 0.3) is 0 Å². The zero-order valence-corrected chi connectivity index (χ0v) is 13.1. The molecule has 0 saturated carbocycles. The van der Waals surface area contributed by atoms with E-state index in [9.17, 15) is 18.3 Å². The Morgan fingerprint density at radius 3 is 2.28 bits per heavy atom. The summed E-state index contributed by atoms with van der Waals surface area (Å²) >= 11 is 0. The fraction of sp³-hybridized carbons (Fsp3) is 0.263. The van der Waals surface area contributed by atoms with E-state index in [2.05, 4.69) is 5.92 Å². The lowest BCUT2D eigenvalue weighted by Gasteiger charge is -2.23. The monoisotopic (exact) mass is 348 g/mol. The van der Waals surface area contributed by atoms with Crippen LogP contribution in [-0.2, 0) is 18.2 Å². The second-order valence-electron chi connectivity index (χ2n) is 5.77. The van der Waals surface area contributed by atoms with Gasteiger partial charge >= 0.3 is 6.18 Å². The molecule has 0 spiro atoms. The second-order valence-corrected chi connectivity index (χ2v) is 5.77. The average molecular weight is 348 g/mol. The number of terminal acetylenes is 1. The molecule has 0 bridgehead atoms. The minimum Gasteiger partial charge on any atom is -0.454 e. The highest BCUT2D eigenvalue weighted by Gasteiger charge is 2.32. The van der Waals surface area contributed by atoms with Gasteiger partial charge in [0.05, 0.1) is 5.56 Å². The molecule has 3 nitrogen and oxygen atoms in total. The molecule has 2 aromatic carbocycles. The third-order valence-electron chi connectivity index (χ3n) is 4.14. The number of hydrogen-bond acceptors (Lipinski definition) is 3. The molecule has 2 aromatic rings. The summed E-state index contributed by atoms with van der Waals surface area (Å²) in [6, 6.07) is 9.65. The van der Waals surface area contributed by atoms with Crippen molar-refractivity contribution >= 4 is 0 Å². The van der Waals surface area contributed by atoms with Gasteiger partial charge in [-0.05, 0) is 48.2 Å². The van der Waals surface area contributed by atoms with Crippen molar-refractivity contribution in [2.45, 2.75) is 24.6 Å². The molecule has 1 aliphatic heterocycles. The van der Waals surface area contributed by atoms with Crippen LogP contribution in [0.25, 0.3) is 0 Å². The quantitative estimate of drug-likeness (QED) is 0.852. The molecular weight excluding hydrogens is 333 g/mol. The fourth-order valence-corrected chi connectivity index (χ4v) is 2.66. The Bertz CT molecular complexity index is 806. The molecule has 0 fully saturated rings. The maximum Gasteiger partial charge on any atom is 0.416 e. The van der Waals surface area contributed by atoms with Crippen molar-refractivity contribution in [3.05, 3.63) is 59.2 Å². The van der Waals surface area contributed by atoms with Gasteiger partial charge in [-0.15, -0.1) is 6.42 Å². The summed E-state index contributed by atoms with van der Waals surface area (Å²) in [5.41, 5.74) is -1.31. The van der Waals surface area contributed by atoms with Gasteiger partial charge in [0.15, 0.2) is 17.1 Å². The predicted molar refractivity (Wildman–Crippen MR) is 85.1 cm³/mol. The van der Waals surface area contributed by atoms with Crippen LogP contribution >= 0.6 is 0 Å². The summed E-state index contributed by atoms with van der Waals surface area (Å²) in [5, 5.41) is 10.7. The number of fused-ring (bicyclic) bond motifs is 1. The van der Waals surface area contributed by atoms with Gasteiger partial charge in [-0.1, -0.05) is 24.1 Å². The van der Waals surface area contributed by atoms with E-state index in [-0.39, 0.29) is 18.8 Å². The van der Waals surface area contributed by atoms with E-state index < -0.39 is 17.3 Å². The Morgan fingerprint density at radius 2 is 1.64 bits per heavy atom. The molecule has 1 aliphatic rings. The molecule has 0 aromatic heterocycles. The molecule has 1 atom stereocenters. The maximum absolute atomic E-state index is 12.7.